The summed E-state index contributed by atoms with van der Waals surface area (Å²) in [6.07, 6.45) is -3.43. The van der Waals surface area contributed by atoms with Crippen LogP contribution in [-0.2, 0) is 18.3 Å². The molecular formula is C14H19N3O6. The average molecular weight is 325 g/mol. The molecule has 1 fully saturated rings. The summed E-state index contributed by atoms with van der Waals surface area (Å²) in [7, 11) is 1.55. The largest absolute Gasteiger partial charge is 0.394 e. The molecule has 0 aliphatic carbocycles. The molecule has 2 aliphatic rings. The topological polar surface area (TPSA) is 124 Å². The van der Waals surface area contributed by atoms with E-state index in [0.29, 0.717) is 11.4 Å². The molecular weight excluding hydrogens is 306 g/mol. The molecule has 0 radical (unpaired) electrons. The number of nitrogens with zero attached hydrogens (tertiary/aromatic N) is 2. The third-order valence-electron chi connectivity index (χ3n) is 4.44. The molecule has 2 amide bonds. The number of nitrogens with one attached hydrogen (secondary N) is 1. The van der Waals surface area contributed by atoms with Gasteiger partial charge in [0.2, 0.25) is 0 Å². The van der Waals surface area contributed by atoms with E-state index in [4.69, 9.17) is 4.74 Å². The van der Waals surface area contributed by atoms with Crippen molar-refractivity contribution in [3.8, 4) is 0 Å². The van der Waals surface area contributed by atoms with Crippen LogP contribution in [0.1, 0.15) is 12.5 Å². The molecule has 0 aromatic carbocycles. The van der Waals surface area contributed by atoms with Crippen LogP contribution in [0, 0.1) is 0 Å². The number of aromatic nitrogens is 1. The Morgan fingerprint density at radius 3 is 2.74 bits per heavy atom. The number of aliphatic hydroxyl groups is 3. The Hall–Kier alpha value is -1.94. The van der Waals surface area contributed by atoms with Gasteiger partial charge in [-0.2, -0.15) is 0 Å². The number of pyridine rings is 1. The van der Waals surface area contributed by atoms with Crippen LogP contribution in [0.3, 0.4) is 0 Å². The molecule has 0 unspecified atom stereocenters. The minimum absolute atomic E-state index is 0.0982. The summed E-state index contributed by atoms with van der Waals surface area (Å²) in [5.74, 6) is 0.385. The third-order valence-corrected chi connectivity index (χ3v) is 4.44. The third kappa shape index (κ3) is 2.32. The highest BCUT2D eigenvalue weighted by Crippen LogP contribution is 2.35. The van der Waals surface area contributed by atoms with Gasteiger partial charge in [0.15, 0.2) is 6.23 Å². The molecule has 9 heteroatoms. The number of ether oxygens (including phenoxy) is 1. The Labute approximate surface area is 131 Å². The van der Waals surface area contributed by atoms with Crippen molar-refractivity contribution >= 4 is 11.8 Å². The Balaban J connectivity index is 1.94. The van der Waals surface area contributed by atoms with Gasteiger partial charge in [0.25, 0.3) is 5.56 Å². The number of carbonyl (C=O) groups excluding carboxylic acids is 1. The average Bonchev–Trinajstić information content (AvgIpc) is 2.74. The Bertz CT molecular complexity index is 700. The van der Waals surface area contributed by atoms with E-state index in [1.165, 1.54) is 22.5 Å². The van der Waals surface area contributed by atoms with Crippen molar-refractivity contribution in [3.05, 3.63) is 28.0 Å². The molecule has 126 valence electrons. The first-order valence-electron chi connectivity index (χ1n) is 7.20. The number of amides is 2. The molecule has 23 heavy (non-hydrogen) atoms. The second kappa shape index (κ2) is 5.31. The van der Waals surface area contributed by atoms with Gasteiger partial charge in [-0.25, -0.2) is 4.79 Å². The predicted octanol–water partition coefficient (Wildman–Crippen LogP) is -1.44. The number of rotatable bonds is 2. The van der Waals surface area contributed by atoms with E-state index < -0.39 is 36.7 Å². The van der Waals surface area contributed by atoms with E-state index >= 15 is 0 Å². The zero-order valence-electron chi connectivity index (χ0n) is 12.8. The highest BCUT2D eigenvalue weighted by Gasteiger charge is 2.55. The van der Waals surface area contributed by atoms with Gasteiger partial charge >= 0.3 is 6.03 Å². The van der Waals surface area contributed by atoms with Gasteiger partial charge < -0.3 is 20.1 Å². The van der Waals surface area contributed by atoms with Gasteiger partial charge in [0.1, 0.15) is 23.6 Å². The van der Waals surface area contributed by atoms with Crippen molar-refractivity contribution in [2.75, 3.05) is 11.9 Å². The van der Waals surface area contributed by atoms with Crippen molar-refractivity contribution in [1.82, 2.24) is 9.47 Å². The monoisotopic (exact) mass is 325 g/mol. The zero-order valence-corrected chi connectivity index (χ0v) is 12.8. The van der Waals surface area contributed by atoms with Crippen LogP contribution in [0.25, 0.3) is 0 Å². The maximum absolute atomic E-state index is 12.4. The van der Waals surface area contributed by atoms with Crippen LogP contribution in [0.2, 0.25) is 0 Å². The van der Waals surface area contributed by atoms with Crippen LogP contribution >= 0.6 is 0 Å². The van der Waals surface area contributed by atoms with Crippen molar-refractivity contribution < 1.29 is 24.9 Å². The van der Waals surface area contributed by atoms with Gasteiger partial charge in [-0.15, -0.1) is 0 Å². The van der Waals surface area contributed by atoms with Gasteiger partial charge in [-0.05, 0) is 13.0 Å². The first-order valence-corrected chi connectivity index (χ1v) is 7.20. The molecule has 0 spiro atoms. The number of hydrogen-bond donors (Lipinski definition) is 4. The van der Waals surface area contributed by atoms with Crippen molar-refractivity contribution in [2.45, 2.75) is 37.5 Å². The number of fused-ring (bicyclic) bond motifs is 1. The maximum atomic E-state index is 12.4. The number of aliphatic hydroxyl groups excluding tert-OH is 2. The molecule has 9 nitrogen and oxygen atoms in total. The first kappa shape index (κ1) is 15.9. The summed E-state index contributed by atoms with van der Waals surface area (Å²) in [6.45, 7) is 0.969. The second-order valence-electron chi connectivity index (χ2n) is 6.04. The molecule has 0 saturated carbocycles. The summed E-state index contributed by atoms with van der Waals surface area (Å²) >= 11 is 0. The van der Waals surface area contributed by atoms with E-state index in [1.54, 1.807) is 13.1 Å². The quantitative estimate of drug-likeness (QED) is 0.528. The fourth-order valence-corrected chi connectivity index (χ4v) is 3.03. The lowest BCUT2D eigenvalue weighted by molar-refractivity contribution is -0.120. The number of urea groups is 1. The predicted molar refractivity (Wildman–Crippen MR) is 78.6 cm³/mol. The van der Waals surface area contributed by atoms with Crippen LogP contribution in [0.4, 0.5) is 10.6 Å². The van der Waals surface area contributed by atoms with Crippen molar-refractivity contribution in [1.29, 1.82) is 0 Å². The minimum atomic E-state index is -1.73. The highest BCUT2D eigenvalue weighted by atomic mass is 16.6. The molecule has 1 aromatic heterocycles. The van der Waals surface area contributed by atoms with E-state index in [9.17, 15) is 24.9 Å². The molecule has 3 rings (SSSR count). The van der Waals surface area contributed by atoms with Crippen molar-refractivity contribution in [2.24, 2.45) is 7.05 Å². The molecule has 3 heterocycles. The zero-order chi connectivity index (χ0) is 16.9. The maximum Gasteiger partial charge on any atom is 0.325 e. The summed E-state index contributed by atoms with van der Waals surface area (Å²) in [5, 5.41) is 32.3. The standard InChI is InChI=1S/C14H19N3O6/c1-14(22)10(20)8(6-18)23-12(14)17-5-7-3-4-9(19)16(2)11(7)15-13(17)21/h3-4,8,10,12,18,20,22H,5-6H2,1-2H3,(H,15,21)/t8-,10-,12-,14-/m1/s1. The van der Waals surface area contributed by atoms with E-state index in [1.807, 2.05) is 0 Å². The minimum Gasteiger partial charge on any atom is -0.394 e. The summed E-state index contributed by atoms with van der Waals surface area (Å²) in [4.78, 5) is 25.2. The van der Waals surface area contributed by atoms with Crippen LogP contribution in [0.5, 0.6) is 0 Å². The Kier molecular flexibility index (Phi) is 3.68. The lowest BCUT2D eigenvalue weighted by atomic mass is 9.95. The highest BCUT2D eigenvalue weighted by molar-refractivity contribution is 5.91. The number of carbonyl (C=O) groups is 1. The molecule has 4 N–H and O–H groups in total. The lowest BCUT2D eigenvalue weighted by Gasteiger charge is -2.38. The fourth-order valence-electron chi connectivity index (χ4n) is 3.03. The summed E-state index contributed by atoms with van der Waals surface area (Å²) in [5.41, 5.74) is -1.31. The van der Waals surface area contributed by atoms with Crippen LogP contribution in [-0.4, -0.2) is 61.5 Å². The Morgan fingerprint density at radius 2 is 2.13 bits per heavy atom. The first-order chi connectivity index (χ1) is 10.8. The molecule has 4 atom stereocenters. The lowest BCUT2D eigenvalue weighted by Crippen LogP contribution is -2.57. The molecule has 1 saturated heterocycles. The van der Waals surface area contributed by atoms with Gasteiger partial charge in [-0.3, -0.25) is 19.6 Å². The van der Waals surface area contributed by atoms with Gasteiger partial charge in [-0.1, -0.05) is 0 Å². The molecule has 1 aromatic rings. The van der Waals surface area contributed by atoms with Crippen LogP contribution < -0.4 is 10.9 Å². The summed E-state index contributed by atoms with van der Waals surface area (Å²) in [6, 6.07) is 2.41. The normalized spacial score (nSPS) is 33.5. The SMILES string of the molecule is Cn1c2c(ccc1=O)CN([C@@H]1O[C@H](CO)[C@@H](O)[C@@]1(C)O)C(=O)N2. The second-order valence-corrected chi connectivity index (χ2v) is 6.04. The molecule has 0 bridgehead atoms. The Morgan fingerprint density at radius 1 is 1.43 bits per heavy atom. The van der Waals surface area contributed by atoms with Gasteiger partial charge in [0, 0.05) is 18.7 Å². The van der Waals surface area contributed by atoms with Crippen molar-refractivity contribution in [3.63, 3.8) is 0 Å². The molecule has 2 aliphatic heterocycles. The van der Waals surface area contributed by atoms with E-state index in [-0.39, 0.29) is 12.1 Å². The van der Waals surface area contributed by atoms with E-state index in [2.05, 4.69) is 5.32 Å². The number of hydrogen-bond acceptors (Lipinski definition) is 6. The summed E-state index contributed by atoms with van der Waals surface area (Å²) < 4.78 is 6.79. The number of anilines is 1. The van der Waals surface area contributed by atoms with E-state index in [0.717, 1.165) is 0 Å². The fraction of sp³-hybridized carbons (Fsp3) is 0.571. The van der Waals surface area contributed by atoms with Crippen LogP contribution in [0.15, 0.2) is 16.9 Å². The van der Waals surface area contributed by atoms with Gasteiger partial charge in [0.05, 0.1) is 13.2 Å². The smallest absolute Gasteiger partial charge is 0.325 e.